The van der Waals surface area contributed by atoms with Crippen LogP contribution >= 0.6 is 0 Å². The second kappa shape index (κ2) is 8.60. The van der Waals surface area contributed by atoms with Crippen molar-refractivity contribution in [2.75, 3.05) is 6.54 Å². The van der Waals surface area contributed by atoms with E-state index in [1.165, 1.54) is 5.01 Å². The predicted molar refractivity (Wildman–Crippen MR) is 105 cm³/mol. The molecule has 0 fully saturated rings. The zero-order valence-electron chi connectivity index (χ0n) is 16.1. The molecule has 0 aliphatic carbocycles. The van der Waals surface area contributed by atoms with Crippen molar-refractivity contribution in [3.63, 3.8) is 0 Å². The Hall–Kier alpha value is -2.99. The second-order valence-corrected chi connectivity index (χ2v) is 7.16. The standard InChI is InChI=1S/C21H25N3O3/c1-5-24(20(26)17-10-12-18(13-11-17)21(2,3)4)22-14-15-6-8-16(9-7-15)19(25)23-27/h6-14,27H,5H2,1-4H3,(H,23,25)/b22-14+. The van der Waals surface area contributed by atoms with Gasteiger partial charge in [0, 0.05) is 17.7 Å². The van der Waals surface area contributed by atoms with Crippen molar-refractivity contribution in [1.82, 2.24) is 10.5 Å². The fourth-order valence-corrected chi connectivity index (χ4v) is 2.46. The molecule has 2 aromatic carbocycles. The van der Waals surface area contributed by atoms with E-state index in [9.17, 15) is 9.59 Å². The van der Waals surface area contributed by atoms with Crippen LogP contribution in [-0.2, 0) is 5.41 Å². The van der Waals surface area contributed by atoms with Crippen LogP contribution in [0.3, 0.4) is 0 Å². The number of amides is 2. The average Bonchev–Trinajstić information content (AvgIpc) is 2.67. The van der Waals surface area contributed by atoms with Gasteiger partial charge >= 0.3 is 0 Å². The molecular weight excluding hydrogens is 342 g/mol. The lowest BCUT2D eigenvalue weighted by molar-refractivity contribution is 0.0706. The van der Waals surface area contributed by atoms with Crippen LogP contribution in [0.1, 0.15) is 59.5 Å². The average molecular weight is 367 g/mol. The van der Waals surface area contributed by atoms with Crippen LogP contribution in [0.4, 0.5) is 0 Å². The molecular formula is C21H25N3O3. The van der Waals surface area contributed by atoms with Gasteiger partial charge in [-0.3, -0.25) is 14.8 Å². The van der Waals surface area contributed by atoms with Crippen molar-refractivity contribution >= 4 is 18.0 Å². The summed E-state index contributed by atoms with van der Waals surface area (Å²) in [5.74, 6) is -0.756. The van der Waals surface area contributed by atoms with Crippen LogP contribution in [0.5, 0.6) is 0 Å². The summed E-state index contributed by atoms with van der Waals surface area (Å²) in [6, 6.07) is 14.1. The molecule has 0 saturated heterocycles. The SMILES string of the molecule is CCN(/N=C/c1ccc(C(=O)NO)cc1)C(=O)c1ccc(C(C)(C)C)cc1. The molecule has 6 heteroatoms. The third-order valence-corrected chi connectivity index (χ3v) is 4.15. The molecule has 2 rings (SSSR count). The Morgan fingerprint density at radius 2 is 1.59 bits per heavy atom. The minimum Gasteiger partial charge on any atom is -0.288 e. The third-order valence-electron chi connectivity index (χ3n) is 4.15. The molecule has 6 nitrogen and oxygen atoms in total. The van der Waals surface area contributed by atoms with Gasteiger partial charge in [0.25, 0.3) is 11.8 Å². The summed E-state index contributed by atoms with van der Waals surface area (Å²) in [6.07, 6.45) is 1.56. The van der Waals surface area contributed by atoms with E-state index in [0.717, 1.165) is 11.1 Å². The summed E-state index contributed by atoms with van der Waals surface area (Å²) in [5.41, 5.74) is 4.42. The third kappa shape index (κ3) is 5.24. The normalized spacial score (nSPS) is 11.4. The zero-order chi connectivity index (χ0) is 20.0. The molecule has 27 heavy (non-hydrogen) atoms. The van der Waals surface area contributed by atoms with Crippen LogP contribution in [0.2, 0.25) is 0 Å². The topological polar surface area (TPSA) is 82.0 Å². The van der Waals surface area contributed by atoms with Gasteiger partial charge in [-0.05, 0) is 47.7 Å². The molecule has 0 bridgehead atoms. The van der Waals surface area contributed by atoms with Gasteiger partial charge in [0.15, 0.2) is 0 Å². The number of nitrogens with zero attached hydrogens (tertiary/aromatic N) is 2. The summed E-state index contributed by atoms with van der Waals surface area (Å²) in [5, 5.41) is 14.3. The highest BCUT2D eigenvalue weighted by Gasteiger charge is 2.16. The first kappa shape index (κ1) is 20.3. The van der Waals surface area contributed by atoms with E-state index in [0.29, 0.717) is 17.7 Å². The first-order chi connectivity index (χ1) is 12.8. The number of hydrogen-bond acceptors (Lipinski definition) is 4. The Bertz CT molecular complexity index is 819. The van der Waals surface area contributed by atoms with E-state index in [1.807, 2.05) is 31.2 Å². The molecule has 0 saturated carbocycles. The van der Waals surface area contributed by atoms with E-state index in [4.69, 9.17) is 5.21 Å². The molecule has 2 aromatic rings. The van der Waals surface area contributed by atoms with Crippen molar-refractivity contribution in [1.29, 1.82) is 0 Å². The quantitative estimate of drug-likeness (QED) is 0.481. The highest BCUT2D eigenvalue weighted by atomic mass is 16.5. The summed E-state index contributed by atoms with van der Waals surface area (Å²) < 4.78 is 0. The molecule has 2 N–H and O–H groups in total. The number of rotatable bonds is 5. The smallest absolute Gasteiger partial charge is 0.274 e. The van der Waals surface area contributed by atoms with Crippen molar-refractivity contribution < 1.29 is 14.8 Å². The minimum absolute atomic E-state index is 0.0310. The van der Waals surface area contributed by atoms with E-state index < -0.39 is 5.91 Å². The largest absolute Gasteiger partial charge is 0.288 e. The molecule has 0 atom stereocenters. The second-order valence-electron chi connectivity index (χ2n) is 7.16. The Morgan fingerprint density at radius 3 is 2.07 bits per heavy atom. The van der Waals surface area contributed by atoms with Gasteiger partial charge in [0.2, 0.25) is 0 Å². The Morgan fingerprint density at radius 1 is 1.04 bits per heavy atom. The summed E-state index contributed by atoms with van der Waals surface area (Å²) in [6.45, 7) is 8.67. The highest BCUT2D eigenvalue weighted by Crippen LogP contribution is 2.22. The van der Waals surface area contributed by atoms with Crippen LogP contribution < -0.4 is 5.48 Å². The minimum atomic E-state index is -0.581. The first-order valence-electron chi connectivity index (χ1n) is 8.77. The molecule has 0 heterocycles. The number of benzene rings is 2. The number of hydrazone groups is 1. The number of nitrogens with one attached hydrogen (secondary N) is 1. The van der Waals surface area contributed by atoms with Gasteiger partial charge in [0.1, 0.15) is 0 Å². The Labute approximate surface area is 159 Å². The van der Waals surface area contributed by atoms with Gasteiger partial charge < -0.3 is 0 Å². The monoisotopic (exact) mass is 367 g/mol. The van der Waals surface area contributed by atoms with Gasteiger partial charge in [-0.15, -0.1) is 0 Å². The van der Waals surface area contributed by atoms with Crippen LogP contribution in [-0.4, -0.2) is 34.8 Å². The highest BCUT2D eigenvalue weighted by molar-refractivity contribution is 5.96. The molecule has 0 spiro atoms. The van der Waals surface area contributed by atoms with Crippen LogP contribution in [0.25, 0.3) is 0 Å². The Kier molecular flexibility index (Phi) is 6.47. The van der Waals surface area contributed by atoms with E-state index in [2.05, 4.69) is 25.9 Å². The fourth-order valence-electron chi connectivity index (χ4n) is 2.46. The maximum Gasteiger partial charge on any atom is 0.274 e. The van der Waals surface area contributed by atoms with Crippen LogP contribution in [0, 0.1) is 0 Å². The molecule has 0 aliphatic rings. The van der Waals surface area contributed by atoms with Crippen LogP contribution in [0.15, 0.2) is 53.6 Å². The van der Waals surface area contributed by atoms with Gasteiger partial charge in [-0.2, -0.15) is 5.10 Å². The lowest BCUT2D eigenvalue weighted by atomic mass is 9.86. The fraction of sp³-hybridized carbons (Fsp3) is 0.286. The summed E-state index contributed by atoms with van der Waals surface area (Å²) >= 11 is 0. The van der Waals surface area contributed by atoms with Gasteiger partial charge in [0.05, 0.1) is 6.21 Å². The van der Waals surface area contributed by atoms with E-state index in [-0.39, 0.29) is 11.3 Å². The molecule has 0 aliphatic heterocycles. The van der Waals surface area contributed by atoms with Crippen molar-refractivity contribution in [3.8, 4) is 0 Å². The van der Waals surface area contributed by atoms with Crippen molar-refractivity contribution in [3.05, 3.63) is 70.8 Å². The molecule has 0 radical (unpaired) electrons. The van der Waals surface area contributed by atoms with Crippen molar-refractivity contribution in [2.24, 2.45) is 5.10 Å². The zero-order valence-corrected chi connectivity index (χ0v) is 16.1. The molecule has 142 valence electrons. The lowest BCUT2D eigenvalue weighted by Crippen LogP contribution is -2.26. The maximum atomic E-state index is 12.7. The number of carbonyl (C=O) groups is 2. The number of hydroxylamine groups is 1. The molecule has 0 aromatic heterocycles. The predicted octanol–water partition coefficient (Wildman–Crippen LogP) is 3.60. The van der Waals surface area contributed by atoms with Gasteiger partial charge in [-0.25, -0.2) is 10.5 Å². The Balaban J connectivity index is 2.12. The van der Waals surface area contributed by atoms with Crippen molar-refractivity contribution in [2.45, 2.75) is 33.1 Å². The van der Waals surface area contributed by atoms with Gasteiger partial charge in [-0.1, -0.05) is 45.0 Å². The van der Waals surface area contributed by atoms with E-state index >= 15 is 0 Å². The molecule has 0 unspecified atom stereocenters. The number of hydrogen-bond donors (Lipinski definition) is 2. The lowest BCUT2D eigenvalue weighted by Gasteiger charge is -2.20. The number of carbonyl (C=O) groups excluding carboxylic acids is 2. The van der Waals surface area contributed by atoms with E-state index in [1.54, 1.807) is 36.0 Å². The molecule has 2 amide bonds. The summed E-state index contributed by atoms with van der Waals surface area (Å²) in [4.78, 5) is 24.0. The first-order valence-corrected chi connectivity index (χ1v) is 8.77. The maximum absolute atomic E-state index is 12.7. The summed E-state index contributed by atoms with van der Waals surface area (Å²) in [7, 11) is 0.